The number of hydrazine groups is 1. The van der Waals surface area contributed by atoms with Crippen molar-refractivity contribution in [3.63, 3.8) is 0 Å². The van der Waals surface area contributed by atoms with Crippen LogP contribution in [0.1, 0.15) is 25.7 Å². The Morgan fingerprint density at radius 2 is 1.70 bits per heavy atom. The molecular weight excluding hydrogens is 362 g/mol. The summed E-state index contributed by atoms with van der Waals surface area (Å²) < 4.78 is 6.26. The third-order valence-corrected chi connectivity index (χ3v) is 4.16. The molecule has 0 bridgehead atoms. The Bertz CT molecular complexity index is 516. The Kier molecular flexibility index (Phi) is 7.35. The molecule has 2 N–H and O–H groups in total. The van der Waals surface area contributed by atoms with E-state index in [2.05, 4.69) is 31.7 Å². The Balaban J connectivity index is 1.57. The van der Waals surface area contributed by atoms with E-state index in [0.29, 0.717) is 12.2 Å². The van der Waals surface area contributed by atoms with Crippen LogP contribution in [0.3, 0.4) is 0 Å². The van der Waals surface area contributed by atoms with Crippen LogP contribution in [0.2, 0.25) is 0 Å². The average molecular weight is 384 g/mol. The zero-order chi connectivity index (χ0) is 16.5. The molecule has 1 aliphatic rings. The smallest absolute Gasteiger partial charge is 0.276 e. The topological polar surface area (TPSA) is 70.7 Å². The van der Waals surface area contributed by atoms with Gasteiger partial charge in [-0.2, -0.15) is 0 Å². The van der Waals surface area contributed by atoms with Crippen LogP contribution in [-0.2, 0) is 9.59 Å². The van der Waals surface area contributed by atoms with Gasteiger partial charge < -0.3 is 9.64 Å². The van der Waals surface area contributed by atoms with Crippen LogP contribution in [0.4, 0.5) is 0 Å². The van der Waals surface area contributed by atoms with Crippen molar-refractivity contribution in [2.45, 2.75) is 25.7 Å². The summed E-state index contributed by atoms with van der Waals surface area (Å²) in [4.78, 5) is 25.6. The number of piperidine rings is 1. The summed E-state index contributed by atoms with van der Waals surface area (Å²) in [5.41, 5.74) is 4.78. The van der Waals surface area contributed by atoms with Crippen LogP contribution < -0.4 is 15.6 Å². The lowest BCUT2D eigenvalue weighted by atomic mass is 10.1. The lowest BCUT2D eigenvalue weighted by Crippen LogP contribution is -2.45. The number of amides is 2. The van der Waals surface area contributed by atoms with Gasteiger partial charge in [-0.25, -0.2) is 0 Å². The van der Waals surface area contributed by atoms with E-state index in [4.69, 9.17) is 4.74 Å². The molecule has 1 saturated heterocycles. The third-order valence-electron chi connectivity index (χ3n) is 3.63. The summed E-state index contributed by atoms with van der Waals surface area (Å²) in [7, 11) is 0. The van der Waals surface area contributed by atoms with E-state index >= 15 is 0 Å². The SMILES string of the molecule is O=C(CCN1CCCCC1)NNC(=O)COc1ccc(Br)cc1. The first-order valence-electron chi connectivity index (χ1n) is 7.82. The van der Waals surface area contributed by atoms with Gasteiger partial charge >= 0.3 is 0 Å². The second-order valence-electron chi connectivity index (χ2n) is 5.49. The molecule has 6 nitrogen and oxygen atoms in total. The molecule has 2 amide bonds. The second kappa shape index (κ2) is 9.52. The van der Waals surface area contributed by atoms with Gasteiger partial charge in [0.05, 0.1) is 0 Å². The van der Waals surface area contributed by atoms with Crippen molar-refractivity contribution in [1.29, 1.82) is 0 Å². The van der Waals surface area contributed by atoms with Gasteiger partial charge in [0.2, 0.25) is 5.91 Å². The fraction of sp³-hybridized carbons (Fsp3) is 0.500. The molecular formula is C16H22BrN3O3. The number of ether oxygens (including phenoxy) is 1. The normalized spacial score (nSPS) is 15.0. The number of halogens is 1. The Morgan fingerprint density at radius 3 is 2.39 bits per heavy atom. The molecule has 0 aliphatic carbocycles. The Morgan fingerprint density at radius 1 is 1.04 bits per heavy atom. The van der Waals surface area contributed by atoms with Gasteiger partial charge in [-0.15, -0.1) is 0 Å². The number of hydrogen-bond acceptors (Lipinski definition) is 4. The summed E-state index contributed by atoms with van der Waals surface area (Å²) in [6.07, 6.45) is 4.06. The maximum atomic E-state index is 11.7. The van der Waals surface area contributed by atoms with Crippen molar-refractivity contribution in [3.8, 4) is 5.75 Å². The minimum absolute atomic E-state index is 0.145. The Hall–Kier alpha value is -1.60. The highest BCUT2D eigenvalue weighted by atomic mass is 79.9. The van der Waals surface area contributed by atoms with Crippen LogP contribution in [0.5, 0.6) is 5.75 Å². The maximum absolute atomic E-state index is 11.7. The van der Waals surface area contributed by atoms with E-state index in [1.807, 2.05) is 12.1 Å². The van der Waals surface area contributed by atoms with Gasteiger partial charge in [-0.05, 0) is 50.2 Å². The molecule has 0 radical (unpaired) electrons. The van der Waals surface area contributed by atoms with Gasteiger partial charge in [-0.1, -0.05) is 22.4 Å². The number of nitrogens with zero attached hydrogens (tertiary/aromatic N) is 1. The molecule has 2 rings (SSSR count). The first-order chi connectivity index (χ1) is 11.1. The number of benzene rings is 1. The zero-order valence-electron chi connectivity index (χ0n) is 13.0. The molecule has 0 unspecified atom stereocenters. The molecule has 0 saturated carbocycles. The standard InChI is InChI=1S/C16H22BrN3O3/c17-13-4-6-14(7-5-13)23-12-16(22)19-18-15(21)8-11-20-9-2-1-3-10-20/h4-7H,1-3,8-12H2,(H,18,21)(H,19,22). The fourth-order valence-corrected chi connectivity index (χ4v) is 2.62. The van der Waals surface area contributed by atoms with E-state index in [9.17, 15) is 9.59 Å². The number of carbonyl (C=O) groups is 2. The van der Waals surface area contributed by atoms with E-state index < -0.39 is 0 Å². The zero-order valence-corrected chi connectivity index (χ0v) is 14.6. The number of carbonyl (C=O) groups excluding carboxylic acids is 2. The largest absolute Gasteiger partial charge is 0.484 e. The molecule has 0 spiro atoms. The molecule has 1 heterocycles. The first-order valence-corrected chi connectivity index (χ1v) is 8.61. The minimum Gasteiger partial charge on any atom is -0.484 e. The molecule has 1 aliphatic heterocycles. The highest BCUT2D eigenvalue weighted by molar-refractivity contribution is 9.10. The van der Waals surface area contributed by atoms with Crippen LogP contribution >= 0.6 is 15.9 Å². The highest BCUT2D eigenvalue weighted by Crippen LogP contribution is 2.15. The maximum Gasteiger partial charge on any atom is 0.276 e. The summed E-state index contributed by atoms with van der Waals surface area (Å²) in [5.74, 6) is 0.0200. The van der Waals surface area contributed by atoms with Crippen molar-refractivity contribution < 1.29 is 14.3 Å². The molecule has 23 heavy (non-hydrogen) atoms. The fourth-order valence-electron chi connectivity index (χ4n) is 2.36. The number of nitrogens with one attached hydrogen (secondary N) is 2. The monoisotopic (exact) mass is 383 g/mol. The van der Waals surface area contributed by atoms with Crippen molar-refractivity contribution in [1.82, 2.24) is 15.8 Å². The quantitative estimate of drug-likeness (QED) is 0.735. The predicted octanol–water partition coefficient (Wildman–Crippen LogP) is 1.85. The van der Waals surface area contributed by atoms with Crippen molar-refractivity contribution in [2.75, 3.05) is 26.2 Å². The molecule has 1 fully saturated rings. The van der Waals surface area contributed by atoms with E-state index in [1.165, 1.54) is 19.3 Å². The second-order valence-corrected chi connectivity index (χ2v) is 6.41. The molecule has 0 atom stereocenters. The van der Waals surface area contributed by atoms with E-state index in [-0.39, 0.29) is 18.4 Å². The van der Waals surface area contributed by atoms with Crippen molar-refractivity contribution in [3.05, 3.63) is 28.7 Å². The lowest BCUT2D eigenvalue weighted by molar-refractivity contribution is -0.130. The molecule has 1 aromatic rings. The minimum atomic E-state index is -0.390. The first kappa shape index (κ1) is 17.7. The molecule has 7 heteroatoms. The van der Waals surface area contributed by atoms with Gasteiger partial charge in [0.25, 0.3) is 5.91 Å². The third kappa shape index (κ3) is 7.00. The predicted molar refractivity (Wildman–Crippen MR) is 90.8 cm³/mol. The van der Waals surface area contributed by atoms with Gasteiger partial charge in [0.1, 0.15) is 5.75 Å². The van der Waals surface area contributed by atoms with Crippen molar-refractivity contribution >= 4 is 27.7 Å². The van der Waals surface area contributed by atoms with Gasteiger partial charge in [-0.3, -0.25) is 20.4 Å². The van der Waals surface area contributed by atoms with Gasteiger partial charge in [0, 0.05) is 17.4 Å². The van der Waals surface area contributed by atoms with Crippen molar-refractivity contribution in [2.24, 2.45) is 0 Å². The number of likely N-dealkylation sites (tertiary alicyclic amines) is 1. The average Bonchev–Trinajstić information content (AvgIpc) is 2.58. The molecule has 126 valence electrons. The summed E-state index contributed by atoms with van der Waals surface area (Å²) in [6.45, 7) is 2.70. The van der Waals surface area contributed by atoms with Crippen LogP contribution in [0, 0.1) is 0 Å². The number of hydrogen-bond donors (Lipinski definition) is 2. The molecule has 0 aromatic heterocycles. The highest BCUT2D eigenvalue weighted by Gasteiger charge is 2.12. The van der Waals surface area contributed by atoms with Crippen LogP contribution in [0.15, 0.2) is 28.7 Å². The summed E-state index contributed by atoms with van der Waals surface area (Å²) in [5, 5.41) is 0. The van der Waals surface area contributed by atoms with Crippen LogP contribution in [-0.4, -0.2) is 43.0 Å². The summed E-state index contributed by atoms with van der Waals surface area (Å²) in [6, 6.07) is 7.17. The number of rotatable bonds is 6. The van der Waals surface area contributed by atoms with E-state index in [1.54, 1.807) is 12.1 Å². The van der Waals surface area contributed by atoms with E-state index in [0.717, 1.165) is 24.1 Å². The van der Waals surface area contributed by atoms with Crippen LogP contribution in [0.25, 0.3) is 0 Å². The van der Waals surface area contributed by atoms with Gasteiger partial charge in [0.15, 0.2) is 6.61 Å². The molecule has 1 aromatic carbocycles. The lowest BCUT2D eigenvalue weighted by Gasteiger charge is -2.25. The Labute approximate surface area is 144 Å². The summed E-state index contributed by atoms with van der Waals surface area (Å²) >= 11 is 3.32.